The van der Waals surface area contributed by atoms with Crippen LogP contribution in [0.2, 0.25) is 0 Å². The highest BCUT2D eigenvalue weighted by molar-refractivity contribution is 6.05. The molecule has 0 unspecified atom stereocenters. The summed E-state index contributed by atoms with van der Waals surface area (Å²) in [6, 6.07) is 2.99. The van der Waals surface area contributed by atoms with Gasteiger partial charge < -0.3 is 9.72 Å². The number of rotatable bonds is 1. The van der Waals surface area contributed by atoms with Crippen molar-refractivity contribution in [3.63, 3.8) is 0 Å². The van der Waals surface area contributed by atoms with Gasteiger partial charge in [0.25, 0.3) is 0 Å². The molecule has 1 aromatic carbocycles. The summed E-state index contributed by atoms with van der Waals surface area (Å²) < 4.78 is 55.6. The number of carbonyl (C=O) groups excluding carboxylic acids is 1. The minimum absolute atomic E-state index is 0.0177. The lowest BCUT2D eigenvalue weighted by molar-refractivity contribution is -0.141. The zero-order chi connectivity index (χ0) is 13.5. The van der Waals surface area contributed by atoms with Gasteiger partial charge in [-0.1, -0.05) is 0 Å². The molecular weight excluding hydrogens is 254 g/mol. The fourth-order valence-electron chi connectivity index (χ4n) is 1.69. The number of nitrogens with one attached hydrogen (secondary N) is 1. The van der Waals surface area contributed by atoms with Crippen molar-refractivity contribution < 1.29 is 27.1 Å². The molecule has 0 aliphatic rings. The fourth-order valence-corrected chi connectivity index (χ4v) is 1.69. The first-order chi connectivity index (χ1) is 8.34. The van der Waals surface area contributed by atoms with E-state index in [1.807, 2.05) is 0 Å². The highest BCUT2D eigenvalue weighted by atomic mass is 19.4. The first-order valence-corrected chi connectivity index (χ1v) is 4.81. The Balaban J connectivity index is 2.82. The Bertz CT molecular complexity index is 615. The number of benzene rings is 1. The van der Waals surface area contributed by atoms with Crippen LogP contribution >= 0.6 is 0 Å². The molecule has 0 spiro atoms. The number of alkyl halides is 3. The van der Waals surface area contributed by atoms with Crippen molar-refractivity contribution in [2.24, 2.45) is 0 Å². The smallest absolute Gasteiger partial charge is 0.432 e. The first kappa shape index (κ1) is 12.4. The molecule has 3 nitrogen and oxygen atoms in total. The number of fused-ring (bicyclic) bond motifs is 1. The summed E-state index contributed by atoms with van der Waals surface area (Å²) >= 11 is 0. The van der Waals surface area contributed by atoms with Gasteiger partial charge in [0.15, 0.2) is 0 Å². The van der Waals surface area contributed by atoms with Gasteiger partial charge in [0, 0.05) is 10.9 Å². The Kier molecular flexibility index (Phi) is 2.76. The van der Waals surface area contributed by atoms with Crippen LogP contribution in [-0.4, -0.2) is 18.1 Å². The van der Waals surface area contributed by atoms with E-state index in [1.165, 1.54) is 0 Å². The second-order valence-electron chi connectivity index (χ2n) is 3.55. The van der Waals surface area contributed by atoms with Crippen molar-refractivity contribution in [1.29, 1.82) is 0 Å². The fraction of sp³-hybridized carbons (Fsp3) is 0.182. The van der Waals surface area contributed by atoms with Crippen molar-refractivity contribution in [2.75, 3.05) is 7.11 Å². The van der Waals surface area contributed by atoms with Crippen LogP contribution in [-0.2, 0) is 10.9 Å². The molecule has 2 aromatic rings. The lowest BCUT2D eigenvalue weighted by Crippen LogP contribution is -2.13. The van der Waals surface area contributed by atoms with Gasteiger partial charge in [0.2, 0.25) is 0 Å². The Morgan fingerprint density at radius 3 is 2.56 bits per heavy atom. The van der Waals surface area contributed by atoms with E-state index < -0.39 is 29.2 Å². The van der Waals surface area contributed by atoms with Crippen LogP contribution in [0.4, 0.5) is 17.6 Å². The Hall–Kier alpha value is -2.05. The maximum absolute atomic E-state index is 13.0. The monoisotopic (exact) mass is 261 g/mol. The average Bonchev–Trinajstić information content (AvgIpc) is 2.66. The molecule has 1 heterocycles. The van der Waals surface area contributed by atoms with E-state index in [0.29, 0.717) is 0 Å². The largest absolute Gasteiger partial charge is 0.465 e. The van der Waals surface area contributed by atoms with E-state index in [9.17, 15) is 22.4 Å². The van der Waals surface area contributed by atoms with Crippen molar-refractivity contribution in [2.45, 2.75) is 6.18 Å². The molecule has 18 heavy (non-hydrogen) atoms. The molecule has 0 atom stereocenters. The summed E-state index contributed by atoms with van der Waals surface area (Å²) in [6.45, 7) is 0. The average molecular weight is 261 g/mol. The van der Waals surface area contributed by atoms with Crippen LogP contribution in [0.25, 0.3) is 10.9 Å². The van der Waals surface area contributed by atoms with Crippen LogP contribution < -0.4 is 0 Å². The van der Waals surface area contributed by atoms with Crippen LogP contribution in [0.1, 0.15) is 16.1 Å². The van der Waals surface area contributed by atoms with E-state index >= 15 is 0 Å². The van der Waals surface area contributed by atoms with Crippen LogP contribution in [0, 0.1) is 5.82 Å². The zero-order valence-corrected chi connectivity index (χ0v) is 9.06. The van der Waals surface area contributed by atoms with Gasteiger partial charge in [-0.05, 0) is 18.2 Å². The first-order valence-electron chi connectivity index (χ1n) is 4.81. The summed E-state index contributed by atoms with van der Waals surface area (Å²) in [4.78, 5) is 13.5. The maximum atomic E-state index is 13.0. The number of hydrogen-bond acceptors (Lipinski definition) is 2. The molecule has 0 saturated heterocycles. The van der Waals surface area contributed by atoms with Crippen molar-refractivity contribution in [3.8, 4) is 0 Å². The zero-order valence-electron chi connectivity index (χ0n) is 9.06. The summed E-state index contributed by atoms with van der Waals surface area (Å²) in [7, 11) is 0.959. The minimum Gasteiger partial charge on any atom is -0.465 e. The molecular formula is C11H7F4NO2. The van der Waals surface area contributed by atoms with Gasteiger partial charge in [0.05, 0.1) is 12.7 Å². The topological polar surface area (TPSA) is 42.1 Å². The predicted octanol–water partition coefficient (Wildman–Crippen LogP) is 3.11. The standard InChI is InChI=1S/C11H7F4NO2/c1-18-10(17)8-6-4-5(12)2-3-7(6)16-9(8)11(13,14)15/h2-4,16H,1H3. The number of carbonyl (C=O) groups is 1. The summed E-state index contributed by atoms with van der Waals surface area (Å²) in [5.74, 6) is -1.90. The van der Waals surface area contributed by atoms with Gasteiger partial charge in [0.1, 0.15) is 11.5 Å². The Morgan fingerprint density at radius 2 is 2.00 bits per heavy atom. The number of methoxy groups -OCH3 is 1. The molecule has 0 radical (unpaired) electrons. The maximum Gasteiger partial charge on any atom is 0.432 e. The van der Waals surface area contributed by atoms with Crippen molar-refractivity contribution >= 4 is 16.9 Å². The van der Waals surface area contributed by atoms with Crippen LogP contribution in [0.15, 0.2) is 18.2 Å². The number of ether oxygens (including phenoxy) is 1. The van der Waals surface area contributed by atoms with E-state index in [2.05, 4.69) is 9.72 Å². The third kappa shape index (κ3) is 1.92. The highest BCUT2D eigenvalue weighted by Crippen LogP contribution is 2.35. The van der Waals surface area contributed by atoms with Gasteiger partial charge in [-0.25, -0.2) is 9.18 Å². The Labute approximate surface area is 98.4 Å². The molecule has 0 saturated carbocycles. The van der Waals surface area contributed by atoms with Crippen molar-refractivity contribution in [3.05, 3.63) is 35.3 Å². The molecule has 0 aliphatic heterocycles. The van der Waals surface area contributed by atoms with Gasteiger partial charge in [-0.3, -0.25) is 0 Å². The molecule has 0 bridgehead atoms. The number of aromatic nitrogens is 1. The van der Waals surface area contributed by atoms with Crippen molar-refractivity contribution in [1.82, 2.24) is 4.98 Å². The molecule has 1 aromatic heterocycles. The lowest BCUT2D eigenvalue weighted by Gasteiger charge is -2.06. The number of esters is 1. The number of hydrogen-bond donors (Lipinski definition) is 1. The highest BCUT2D eigenvalue weighted by Gasteiger charge is 2.39. The summed E-state index contributed by atoms with van der Waals surface area (Å²) in [6.07, 6.45) is -4.75. The summed E-state index contributed by atoms with van der Waals surface area (Å²) in [5, 5.41) is -0.158. The second-order valence-corrected chi connectivity index (χ2v) is 3.55. The summed E-state index contributed by atoms with van der Waals surface area (Å²) in [5.41, 5.74) is -1.93. The predicted molar refractivity (Wildman–Crippen MR) is 54.6 cm³/mol. The molecule has 0 aliphatic carbocycles. The van der Waals surface area contributed by atoms with Gasteiger partial charge >= 0.3 is 12.1 Å². The number of aromatic amines is 1. The second kappa shape index (κ2) is 4.01. The minimum atomic E-state index is -4.75. The van der Waals surface area contributed by atoms with E-state index in [-0.39, 0.29) is 10.9 Å². The normalized spacial score (nSPS) is 11.8. The molecule has 7 heteroatoms. The molecule has 1 N–H and O–H groups in total. The van der Waals surface area contributed by atoms with Crippen LogP contribution in [0.5, 0.6) is 0 Å². The van der Waals surface area contributed by atoms with E-state index in [0.717, 1.165) is 25.3 Å². The molecule has 2 rings (SSSR count). The van der Waals surface area contributed by atoms with E-state index in [1.54, 1.807) is 0 Å². The quantitative estimate of drug-likeness (QED) is 0.633. The number of halogens is 4. The molecule has 96 valence electrons. The van der Waals surface area contributed by atoms with Gasteiger partial charge in [-0.2, -0.15) is 13.2 Å². The lowest BCUT2D eigenvalue weighted by atomic mass is 10.1. The van der Waals surface area contributed by atoms with Crippen LogP contribution in [0.3, 0.4) is 0 Å². The number of H-pyrrole nitrogens is 1. The van der Waals surface area contributed by atoms with Gasteiger partial charge in [-0.15, -0.1) is 0 Å². The van der Waals surface area contributed by atoms with E-state index in [4.69, 9.17) is 0 Å². The third-order valence-electron chi connectivity index (χ3n) is 2.43. The Morgan fingerprint density at radius 1 is 1.33 bits per heavy atom. The molecule has 0 amide bonds. The SMILES string of the molecule is COC(=O)c1c(C(F)(F)F)[nH]c2ccc(F)cc12. The third-order valence-corrected chi connectivity index (χ3v) is 2.43. The molecule has 0 fully saturated rings.